The number of aliphatic hydroxyl groups excluding tert-OH is 1. The number of hydrogen-bond donors (Lipinski definition) is 2. The first kappa shape index (κ1) is 13.9. The highest BCUT2D eigenvalue weighted by Crippen LogP contribution is 2.13. The number of carbonyl (C=O) groups is 1. The third-order valence-electron chi connectivity index (χ3n) is 2.24. The van der Waals surface area contributed by atoms with E-state index in [-0.39, 0.29) is 23.6 Å². The van der Waals surface area contributed by atoms with Gasteiger partial charge in [0.25, 0.3) is 5.91 Å². The Morgan fingerprint density at radius 3 is 3.06 bits per heavy atom. The van der Waals surface area contributed by atoms with Crippen molar-refractivity contribution in [3.63, 3.8) is 0 Å². The third kappa shape index (κ3) is 4.30. The van der Waals surface area contributed by atoms with E-state index in [4.69, 9.17) is 21.4 Å². The Labute approximate surface area is 105 Å². The summed E-state index contributed by atoms with van der Waals surface area (Å²) in [7, 11) is 1.57. The smallest absolute Gasteiger partial charge is 0.253 e. The van der Waals surface area contributed by atoms with Crippen LogP contribution in [0, 0.1) is 0 Å². The SMILES string of the molecule is COCCC(CO)NC(=O)c1ccncc1Cl. The van der Waals surface area contributed by atoms with Crippen LogP contribution >= 0.6 is 11.6 Å². The highest BCUT2D eigenvalue weighted by Gasteiger charge is 2.14. The van der Waals surface area contributed by atoms with Crippen LogP contribution in [0.25, 0.3) is 0 Å². The molecule has 0 aliphatic heterocycles. The van der Waals surface area contributed by atoms with Crippen molar-refractivity contribution < 1.29 is 14.6 Å². The molecule has 0 fully saturated rings. The van der Waals surface area contributed by atoms with Gasteiger partial charge in [-0.1, -0.05) is 11.6 Å². The number of aliphatic hydroxyl groups is 1. The molecule has 17 heavy (non-hydrogen) atoms. The Morgan fingerprint density at radius 2 is 2.47 bits per heavy atom. The number of methoxy groups -OCH3 is 1. The van der Waals surface area contributed by atoms with Crippen LogP contribution in [0.4, 0.5) is 0 Å². The zero-order chi connectivity index (χ0) is 12.7. The third-order valence-corrected chi connectivity index (χ3v) is 2.54. The monoisotopic (exact) mass is 258 g/mol. The van der Waals surface area contributed by atoms with E-state index in [0.717, 1.165) is 0 Å². The molecule has 0 bridgehead atoms. The van der Waals surface area contributed by atoms with Crippen LogP contribution in [0.2, 0.25) is 5.02 Å². The second kappa shape index (κ2) is 7.21. The summed E-state index contributed by atoms with van der Waals surface area (Å²) in [6.45, 7) is 0.327. The number of nitrogens with one attached hydrogen (secondary N) is 1. The fourth-order valence-electron chi connectivity index (χ4n) is 1.29. The van der Waals surface area contributed by atoms with Crippen molar-refractivity contribution >= 4 is 17.5 Å². The molecular weight excluding hydrogens is 244 g/mol. The summed E-state index contributed by atoms with van der Waals surface area (Å²) in [6, 6.07) is 1.19. The van der Waals surface area contributed by atoms with Gasteiger partial charge in [-0.3, -0.25) is 9.78 Å². The highest BCUT2D eigenvalue weighted by molar-refractivity contribution is 6.33. The minimum absolute atomic E-state index is 0.141. The van der Waals surface area contributed by atoms with Crippen LogP contribution in [0.5, 0.6) is 0 Å². The van der Waals surface area contributed by atoms with Crippen molar-refractivity contribution in [2.24, 2.45) is 0 Å². The first-order valence-corrected chi connectivity index (χ1v) is 5.57. The van der Waals surface area contributed by atoms with Gasteiger partial charge in [0, 0.05) is 26.1 Å². The number of halogens is 1. The van der Waals surface area contributed by atoms with E-state index in [1.165, 1.54) is 18.5 Å². The Hall–Kier alpha value is -1.17. The summed E-state index contributed by atoms with van der Waals surface area (Å²) >= 11 is 5.84. The number of carbonyl (C=O) groups excluding carboxylic acids is 1. The van der Waals surface area contributed by atoms with E-state index < -0.39 is 0 Å². The fourth-order valence-corrected chi connectivity index (χ4v) is 1.50. The van der Waals surface area contributed by atoms with Crippen LogP contribution in [-0.2, 0) is 4.74 Å². The zero-order valence-electron chi connectivity index (χ0n) is 9.52. The van der Waals surface area contributed by atoms with Gasteiger partial charge in [0.15, 0.2) is 0 Å². The maximum Gasteiger partial charge on any atom is 0.253 e. The molecule has 0 aromatic carbocycles. The normalized spacial score (nSPS) is 12.2. The van der Waals surface area contributed by atoms with E-state index in [0.29, 0.717) is 18.6 Å². The molecule has 0 aliphatic carbocycles. The summed E-state index contributed by atoms with van der Waals surface area (Å²) in [4.78, 5) is 15.6. The standard InChI is InChI=1S/C11H15ClN2O3/c1-17-5-3-8(7-15)14-11(16)9-2-4-13-6-10(9)12/h2,4,6,8,15H,3,5,7H2,1H3,(H,14,16). The van der Waals surface area contributed by atoms with Crippen LogP contribution in [0.1, 0.15) is 16.8 Å². The number of aromatic nitrogens is 1. The lowest BCUT2D eigenvalue weighted by molar-refractivity contribution is 0.0895. The fraction of sp³-hybridized carbons (Fsp3) is 0.455. The van der Waals surface area contributed by atoms with Gasteiger partial charge in [0.2, 0.25) is 0 Å². The van der Waals surface area contributed by atoms with Crippen molar-refractivity contribution in [3.8, 4) is 0 Å². The van der Waals surface area contributed by atoms with Gasteiger partial charge >= 0.3 is 0 Å². The molecule has 1 atom stereocenters. The van der Waals surface area contributed by atoms with Gasteiger partial charge in [-0.05, 0) is 12.5 Å². The molecule has 1 aromatic heterocycles. The summed E-state index contributed by atoms with van der Waals surface area (Å²) in [5.74, 6) is -0.326. The molecule has 1 aromatic rings. The topological polar surface area (TPSA) is 71.5 Å². The number of nitrogens with zero attached hydrogens (tertiary/aromatic N) is 1. The maximum absolute atomic E-state index is 11.8. The molecule has 0 radical (unpaired) electrons. The van der Waals surface area contributed by atoms with E-state index in [9.17, 15) is 4.79 Å². The highest BCUT2D eigenvalue weighted by atomic mass is 35.5. The lowest BCUT2D eigenvalue weighted by atomic mass is 10.2. The van der Waals surface area contributed by atoms with Gasteiger partial charge in [0.05, 0.1) is 23.2 Å². The minimum Gasteiger partial charge on any atom is -0.394 e. The van der Waals surface area contributed by atoms with E-state index in [2.05, 4.69) is 10.3 Å². The summed E-state index contributed by atoms with van der Waals surface area (Å²) in [5, 5.41) is 12.1. The van der Waals surface area contributed by atoms with Crippen molar-refractivity contribution in [1.29, 1.82) is 0 Å². The Kier molecular flexibility index (Phi) is 5.90. The second-order valence-corrected chi connectivity index (χ2v) is 3.90. The van der Waals surface area contributed by atoms with Gasteiger partial charge in [-0.25, -0.2) is 0 Å². The molecule has 0 saturated carbocycles. The average Bonchev–Trinajstić information content (AvgIpc) is 2.34. The van der Waals surface area contributed by atoms with Gasteiger partial charge in [0.1, 0.15) is 0 Å². The molecule has 0 aliphatic rings. The Bertz CT molecular complexity index is 373. The van der Waals surface area contributed by atoms with Crippen LogP contribution in [0.3, 0.4) is 0 Å². The molecule has 0 spiro atoms. The van der Waals surface area contributed by atoms with Crippen molar-refractivity contribution in [1.82, 2.24) is 10.3 Å². The molecule has 5 nitrogen and oxygen atoms in total. The number of rotatable bonds is 6. The zero-order valence-corrected chi connectivity index (χ0v) is 10.3. The lowest BCUT2D eigenvalue weighted by Crippen LogP contribution is -2.38. The Balaban J connectivity index is 2.61. The molecule has 1 amide bonds. The van der Waals surface area contributed by atoms with Crippen molar-refractivity contribution in [2.75, 3.05) is 20.3 Å². The molecule has 1 unspecified atom stereocenters. The first-order chi connectivity index (χ1) is 8.19. The molecule has 0 saturated heterocycles. The second-order valence-electron chi connectivity index (χ2n) is 3.49. The van der Waals surface area contributed by atoms with Crippen LogP contribution in [0.15, 0.2) is 18.5 Å². The first-order valence-electron chi connectivity index (χ1n) is 5.19. The molecule has 2 N–H and O–H groups in total. The summed E-state index contributed by atoms with van der Waals surface area (Å²) in [5.41, 5.74) is 0.345. The maximum atomic E-state index is 11.8. The van der Waals surface area contributed by atoms with Crippen molar-refractivity contribution in [3.05, 3.63) is 29.0 Å². The Morgan fingerprint density at radius 1 is 1.71 bits per heavy atom. The number of amides is 1. The van der Waals surface area contributed by atoms with Gasteiger partial charge in [-0.15, -0.1) is 0 Å². The molecule has 1 heterocycles. The van der Waals surface area contributed by atoms with Crippen LogP contribution < -0.4 is 5.32 Å². The quantitative estimate of drug-likeness (QED) is 0.794. The molecule has 1 rings (SSSR count). The molecular formula is C11H15ClN2O3. The van der Waals surface area contributed by atoms with Crippen LogP contribution in [-0.4, -0.2) is 42.4 Å². The predicted octanol–water partition coefficient (Wildman–Crippen LogP) is 0.862. The molecule has 94 valence electrons. The summed E-state index contributed by atoms with van der Waals surface area (Å²) in [6.07, 6.45) is 3.44. The van der Waals surface area contributed by atoms with Gasteiger partial charge < -0.3 is 15.2 Å². The summed E-state index contributed by atoms with van der Waals surface area (Å²) < 4.78 is 4.89. The van der Waals surface area contributed by atoms with Crippen molar-refractivity contribution in [2.45, 2.75) is 12.5 Å². The minimum atomic E-state index is -0.341. The van der Waals surface area contributed by atoms with E-state index in [1.54, 1.807) is 7.11 Å². The number of ether oxygens (including phenoxy) is 1. The lowest BCUT2D eigenvalue weighted by Gasteiger charge is -2.16. The average molecular weight is 259 g/mol. The van der Waals surface area contributed by atoms with E-state index >= 15 is 0 Å². The number of pyridine rings is 1. The van der Waals surface area contributed by atoms with E-state index in [1.807, 2.05) is 0 Å². The predicted molar refractivity (Wildman–Crippen MR) is 64.1 cm³/mol. The number of hydrogen-bond acceptors (Lipinski definition) is 4. The largest absolute Gasteiger partial charge is 0.394 e. The molecule has 6 heteroatoms. The van der Waals surface area contributed by atoms with Gasteiger partial charge in [-0.2, -0.15) is 0 Å².